The van der Waals surface area contributed by atoms with Crippen molar-refractivity contribution < 1.29 is 8.42 Å². The summed E-state index contributed by atoms with van der Waals surface area (Å²) in [4.78, 5) is 18.7. The molecule has 98 valence electrons. The molecule has 0 atom stereocenters. The molecule has 0 radical (unpaired) electrons. The zero-order chi connectivity index (χ0) is 13.2. The summed E-state index contributed by atoms with van der Waals surface area (Å²) in [6.07, 6.45) is 1.21. The molecule has 1 N–H and O–H groups in total. The number of nitrogens with one attached hydrogen (secondary N) is 1. The van der Waals surface area contributed by atoms with Crippen molar-refractivity contribution in [3.05, 3.63) is 27.6 Å². The van der Waals surface area contributed by atoms with Crippen LogP contribution in [0.25, 0.3) is 10.2 Å². The fraction of sp³-hybridized carbons (Fsp3) is 0.400. The minimum absolute atomic E-state index is 0.131. The first kappa shape index (κ1) is 13.6. The first-order valence-corrected chi connectivity index (χ1v) is 9.27. The summed E-state index contributed by atoms with van der Waals surface area (Å²) in [5.41, 5.74) is 0.566. The predicted molar refractivity (Wildman–Crippen MR) is 76.1 cm³/mol. The van der Waals surface area contributed by atoms with Gasteiger partial charge in [0.15, 0.2) is 0 Å². The van der Waals surface area contributed by atoms with Gasteiger partial charge in [-0.1, -0.05) is 0 Å². The summed E-state index contributed by atoms with van der Waals surface area (Å²) in [6, 6.07) is 1.81. The SMILES string of the molecule is CS(=O)(=O)CCSCc1nc2ccsc2c(=O)[nH]1. The maximum absolute atomic E-state index is 11.7. The van der Waals surface area contributed by atoms with Crippen molar-refractivity contribution in [1.29, 1.82) is 0 Å². The Balaban J connectivity index is 2.02. The number of aromatic nitrogens is 2. The molecule has 0 saturated heterocycles. The molecule has 0 bridgehead atoms. The van der Waals surface area contributed by atoms with Crippen molar-refractivity contribution >= 4 is 43.2 Å². The van der Waals surface area contributed by atoms with Crippen LogP contribution in [0.5, 0.6) is 0 Å². The van der Waals surface area contributed by atoms with Crippen LogP contribution in [0.4, 0.5) is 0 Å². The largest absolute Gasteiger partial charge is 0.309 e. The van der Waals surface area contributed by atoms with Crippen LogP contribution in [0.3, 0.4) is 0 Å². The van der Waals surface area contributed by atoms with Gasteiger partial charge >= 0.3 is 0 Å². The Labute approximate surface area is 113 Å². The number of rotatable bonds is 5. The second kappa shape index (κ2) is 5.41. The molecule has 0 aliphatic rings. The predicted octanol–water partition coefficient (Wildman–Crippen LogP) is 1.26. The van der Waals surface area contributed by atoms with Crippen molar-refractivity contribution in [2.45, 2.75) is 5.75 Å². The van der Waals surface area contributed by atoms with Gasteiger partial charge in [0.2, 0.25) is 0 Å². The molecule has 0 aliphatic heterocycles. The number of nitrogens with zero attached hydrogens (tertiary/aromatic N) is 1. The van der Waals surface area contributed by atoms with Crippen LogP contribution >= 0.6 is 23.1 Å². The third-order valence-electron chi connectivity index (χ3n) is 2.20. The average Bonchev–Trinajstić information content (AvgIpc) is 2.71. The van der Waals surface area contributed by atoms with E-state index >= 15 is 0 Å². The van der Waals surface area contributed by atoms with Crippen molar-refractivity contribution in [2.24, 2.45) is 0 Å². The molecular weight excluding hydrogens is 292 g/mol. The molecule has 2 heterocycles. The van der Waals surface area contributed by atoms with Gasteiger partial charge in [0.05, 0.1) is 17.0 Å². The van der Waals surface area contributed by atoms with Gasteiger partial charge in [-0.2, -0.15) is 11.8 Å². The molecule has 0 unspecified atom stereocenters. The quantitative estimate of drug-likeness (QED) is 0.841. The summed E-state index contributed by atoms with van der Waals surface area (Å²) >= 11 is 2.81. The molecule has 0 saturated carbocycles. The summed E-state index contributed by atoms with van der Waals surface area (Å²) in [7, 11) is -2.92. The Hall–Kier alpha value is -0.860. The minimum Gasteiger partial charge on any atom is -0.309 e. The van der Waals surface area contributed by atoms with Crippen LogP contribution in [0, 0.1) is 0 Å². The molecule has 0 aliphatic carbocycles. The molecule has 2 aromatic rings. The smallest absolute Gasteiger partial charge is 0.268 e. The number of hydrogen-bond acceptors (Lipinski definition) is 6. The Bertz CT molecular complexity index is 702. The standard InChI is InChI=1S/C10H12N2O3S3/c1-18(14,15)5-4-16-6-8-11-7-2-3-17-9(7)10(13)12-8/h2-3H,4-6H2,1H3,(H,11,12,13). The second-order valence-corrected chi connectivity index (χ2v) is 8.11. The number of hydrogen-bond donors (Lipinski definition) is 1. The van der Waals surface area contributed by atoms with Gasteiger partial charge in [-0.15, -0.1) is 11.3 Å². The van der Waals surface area contributed by atoms with Gasteiger partial charge in [-0.25, -0.2) is 13.4 Å². The highest BCUT2D eigenvalue weighted by Crippen LogP contribution is 2.15. The lowest BCUT2D eigenvalue weighted by molar-refractivity contribution is 0.603. The molecule has 0 amide bonds. The number of thiophene rings is 1. The average molecular weight is 304 g/mol. The van der Waals surface area contributed by atoms with E-state index in [9.17, 15) is 13.2 Å². The number of H-pyrrole nitrogens is 1. The molecule has 8 heteroatoms. The van der Waals surface area contributed by atoms with Crippen molar-refractivity contribution in [3.8, 4) is 0 Å². The summed E-state index contributed by atoms with van der Waals surface area (Å²) < 4.78 is 22.5. The van der Waals surface area contributed by atoms with Gasteiger partial charge in [0.1, 0.15) is 20.4 Å². The topological polar surface area (TPSA) is 79.9 Å². The fourth-order valence-corrected chi connectivity index (χ4v) is 4.25. The van der Waals surface area contributed by atoms with E-state index in [1.54, 1.807) is 6.07 Å². The molecule has 0 spiro atoms. The second-order valence-electron chi connectivity index (χ2n) is 3.83. The Morgan fingerprint density at radius 3 is 3.00 bits per heavy atom. The van der Waals surface area contributed by atoms with E-state index in [4.69, 9.17) is 0 Å². The van der Waals surface area contributed by atoms with Crippen LogP contribution in [0.1, 0.15) is 5.82 Å². The number of fused-ring (bicyclic) bond motifs is 1. The summed E-state index contributed by atoms with van der Waals surface area (Å²) in [5, 5.41) is 1.83. The highest BCUT2D eigenvalue weighted by atomic mass is 32.2. The Morgan fingerprint density at radius 1 is 1.50 bits per heavy atom. The first-order valence-electron chi connectivity index (χ1n) is 5.17. The lowest BCUT2D eigenvalue weighted by Gasteiger charge is -2.01. The normalized spacial score (nSPS) is 12.1. The van der Waals surface area contributed by atoms with Crippen LogP contribution in [-0.2, 0) is 15.6 Å². The molecule has 5 nitrogen and oxygen atoms in total. The van der Waals surface area contributed by atoms with E-state index in [-0.39, 0.29) is 11.3 Å². The minimum atomic E-state index is -2.92. The van der Waals surface area contributed by atoms with Gasteiger partial charge < -0.3 is 4.98 Å². The van der Waals surface area contributed by atoms with Crippen LogP contribution in [0.15, 0.2) is 16.2 Å². The van der Waals surface area contributed by atoms with Crippen molar-refractivity contribution in [3.63, 3.8) is 0 Å². The Morgan fingerprint density at radius 2 is 2.28 bits per heavy atom. The highest BCUT2D eigenvalue weighted by molar-refractivity contribution is 7.99. The van der Waals surface area contributed by atoms with Crippen LogP contribution in [0.2, 0.25) is 0 Å². The van der Waals surface area contributed by atoms with E-state index in [0.717, 1.165) is 0 Å². The van der Waals surface area contributed by atoms with Gasteiger partial charge in [-0.05, 0) is 11.4 Å². The van der Waals surface area contributed by atoms with E-state index in [1.165, 1.54) is 29.4 Å². The number of thioether (sulfide) groups is 1. The van der Waals surface area contributed by atoms with E-state index in [0.29, 0.717) is 27.5 Å². The fourth-order valence-electron chi connectivity index (χ4n) is 1.37. The lowest BCUT2D eigenvalue weighted by Crippen LogP contribution is -2.10. The maximum atomic E-state index is 11.7. The van der Waals surface area contributed by atoms with E-state index < -0.39 is 9.84 Å². The highest BCUT2D eigenvalue weighted by Gasteiger charge is 2.06. The third kappa shape index (κ3) is 3.56. The monoisotopic (exact) mass is 304 g/mol. The molecular formula is C10H12N2O3S3. The van der Waals surface area contributed by atoms with Gasteiger partial charge in [-0.3, -0.25) is 4.79 Å². The maximum Gasteiger partial charge on any atom is 0.268 e. The molecule has 0 fully saturated rings. The number of sulfone groups is 1. The molecule has 0 aromatic carbocycles. The zero-order valence-corrected chi connectivity index (χ0v) is 12.1. The van der Waals surface area contributed by atoms with Gasteiger partial charge in [0, 0.05) is 12.0 Å². The lowest BCUT2D eigenvalue weighted by atomic mass is 10.4. The summed E-state index contributed by atoms with van der Waals surface area (Å²) in [5.74, 6) is 1.74. The molecule has 18 heavy (non-hydrogen) atoms. The summed E-state index contributed by atoms with van der Waals surface area (Å²) in [6.45, 7) is 0. The van der Waals surface area contributed by atoms with Crippen molar-refractivity contribution in [1.82, 2.24) is 9.97 Å². The molecule has 2 aromatic heterocycles. The van der Waals surface area contributed by atoms with Crippen LogP contribution < -0.4 is 5.56 Å². The zero-order valence-electron chi connectivity index (χ0n) is 9.67. The first-order chi connectivity index (χ1) is 8.46. The third-order valence-corrected chi connectivity index (χ3v) is 5.28. The van der Waals surface area contributed by atoms with E-state index in [2.05, 4.69) is 9.97 Å². The van der Waals surface area contributed by atoms with Crippen LogP contribution in [-0.4, -0.2) is 36.1 Å². The van der Waals surface area contributed by atoms with Crippen molar-refractivity contribution in [2.75, 3.05) is 17.8 Å². The van der Waals surface area contributed by atoms with Gasteiger partial charge in [0.25, 0.3) is 5.56 Å². The molecule has 2 rings (SSSR count). The Kier molecular flexibility index (Phi) is 4.08. The number of aromatic amines is 1. The van der Waals surface area contributed by atoms with E-state index in [1.807, 2.05) is 5.38 Å².